The summed E-state index contributed by atoms with van der Waals surface area (Å²) in [6.45, 7) is 6.87. The largest absolute Gasteiger partial charge is 0.359 e. The van der Waals surface area contributed by atoms with E-state index >= 15 is 0 Å². The van der Waals surface area contributed by atoms with Crippen LogP contribution in [0, 0.1) is 0 Å². The van der Waals surface area contributed by atoms with E-state index in [9.17, 15) is 0 Å². The Balaban J connectivity index is 1.28. The molecule has 0 radical (unpaired) electrons. The number of fused-ring (bicyclic) bond motifs is 2. The average Bonchev–Trinajstić information content (AvgIpc) is 3.61. The van der Waals surface area contributed by atoms with Gasteiger partial charge in [-0.2, -0.15) is 5.10 Å². The van der Waals surface area contributed by atoms with E-state index in [4.69, 9.17) is 15.0 Å². The minimum absolute atomic E-state index is 0.537. The molecule has 0 spiro atoms. The average molecular weight is 479 g/mol. The van der Waals surface area contributed by atoms with Crippen LogP contribution in [-0.4, -0.2) is 67.3 Å². The van der Waals surface area contributed by atoms with Crippen molar-refractivity contribution in [3.05, 3.63) is 30.9 Å². The number of aromatic nitrogens is 6. The number of piperidine rings is 1. The molecule has 6 heterocycles. The van der Waals surface area contributed by atoms with Crippen LogP contribution in [0.3, 0.4) is 0 Å². The topological polar surface area (TPSA) is 89.6 Å². The molecule has 0 saturated carbocycles. The predicted octanol–water partition coefficient (Wildman–Crippen LogP) is 5.00. The van der Waals surface area contributed by atoms with Gasteiger partial charge in [0, 0.05) is 67.3 Å². The highest BCUT2D eigenvalue weighted by atomic mass is 32.1. The molecular weight excluding hydrogens is 452 g/mol. The molecule has 0 atom stereocenters. The van der Waals surface area contributed by atoms with Gasteiger partial charge in [-0.15, -0.1) is 0 Å². The van der Waals surface area contributed by atoms with Gasteiger partial charge in [-0.25, -0.2) is 9.97 Å². The van der Waals surface area contributed by atoms with Crippen LogP contribution in [0.2, 0.25) is 0 Å². The number of aromatic amines is 2. The van der Waals surface area contributed by atoms with Gasteiger partial charge in [0.2, 0.25) is 0 Å². The molecule has 6 rings (SSSR count). The third-order valence-corrected chi connectivity index (χ3v) is 8.78. The summed E-state index contributed by atoms with van der Waals surface area (Å²) >= 11 is 3.29. The van der Waals surface area contributed by atoms with Gasteiger partial charge in [-0.3, -0.25) is 10.1 Å². The first-order chi connectivity index (χ1) is 16.1. The summed E-state index contributed by atoms with van der Waals surface area (Å²) in [6, 6.07) is 3.24. The van der Waals surface area contributed by atoms with E-state index in [0.717, 1.165) is 60.6 Å². The number of thiazole rings is 2. The Morgan fingerprint density at radius 2 is 1.94 bits per heavy atom. The third kappa shape index (κ3) is 3.62. The van der Waals surface area contributed by atoms with Gasteiger partial charge in [-0.1, -0.05) is 22.7 Å². The molecule has 170 valence electrons. The smallest absolute Gasteiger partial charge is 0.188 e. The van der Waals surface area contributed by atoms with Crippen molar-refractivity contribution in [2.24, 2.45) is 0 Å². The number of hydrogen-bond acceptors (Lipinski definition) is 8. The van der Waals surface area contributed by atoms with Gasteiger partial charge in [0.25, 0.3) is 0 Å². The molecule has 8 nitrogen and oxygen atoms in total. The normalized spacial score (nSPS) is 15.9. The van der Waals surface area contributed by atoms with Gasteiger partial charge in [0.1, 0.15) is 10.7 Å². The summed E-state index contributed by atoms with van der Waals surface area (Å²) in [7, 11) is 2.18. The first-order valence-corrected chi connectivity index (χ1v) is 12.9. The molecule has 1 saturated heterocycles. The van der Waals surface area contributed by atoms with E-state index < -0.39 is 0 Å². The van der Waals surface area contributed by atoms with E-state index in [1.54, 1.807) is 22.7 Å². The summed E-state index contributed by atoms with van der Waals surface area (Å²) in [5, 5.41) is 10.0. The van der Waals surface area contributed by atoms with Crippen LogP contribution in [0.25, 0.3) is 42.4 Å². The minimum atomic E-state index is 0.537. The lowest BCUT2D eigenvalue weighted by molar-refractivity contribution is 0.171. The van der Waals surface area contributed by atoms with Gasteiger partial charge in [0.15, 0.2) is 14.8 Å². The molecule has 0 aliphatic carbocycles. The Kier molecular flexibility index (Phi) is 5.16. The van der Waals surface area contributed by atoms with Crippen molar-refractivity contribution in [2.75, 3.05) is 25.0 Å². The number of rotatable bonds is 5. The molecule has 0 bridgehead atoms. The standard InChI is InChI=1S/C23H26N8S2/c1-13(2)31-8-5-15(6-9-31)30(3)23-29-22-21(33-23)28-20(32-22)19-18-16(4-7-24-18)17(12-25-19)14-10-26-27-11-14/h4,7,10-13,15,24H,5-6,8-9H2,1-3H3,(H,26,27). The van der Waals surface area contributed by atoms with Crippen molar-refractivity contribution in [3.8, 4) is 21.8 Å². The first kappa shape index (κ1) is 20.8. The van der Waals surface area contributed by atoms with E-state index in [0.29, 0.717) is 12.1 Å². The van der Waals surface area contributed by atoms with Gasteiger partial charge < -0.3 is 14.8 Å². The number of pyridine rings is 1. The van der Waals surface area contributed by atoms with Crippen LogP contribution in [0.1, 0.15) is 26.7 Å². The molecule has 2 N–H and O–H groups in total. The number of H-pyrrole nitrogens is 2. The minimum Gasteiger partial charge on any atom is -0.359 e. The Bertz CT molecular complexity index is 1360. The van der Waals surface area contributed by atoms with E-state index in [2.05, 4.69) is 51.9 Å². The van der Waals surface area contributed by atoms with E-state index in [1.165, 1.54) is 12.8 Å². The second kappa shape index (κ2) is 8.19. The number of nitrogens with one attached hydrogen (secondary N) is 2. The van der Waals surface area contributed by atoms with Crippen molar-refractivity contribution in [1.29, 1.82) is 0 Å². The fourth-order valence-corrected chi connectivity index (χ4v) is 6.75. The molecule has 0 unspecified atom stereocenters. The highest BCUT2D eigenvalue weighted by molar-refractivity contribution is 7.29. The van der Waals surface area contributed by atoms with Crippen molar-refractivity contribution < 1.29 is 0 Å². The molecule has 1 aliphatic heterocycles. The molecule has 0 aromatic carbocycles. The van der Waals surface area contributed by atoms with Gasteiger partial charge in [0.05, 0.1) is 11.7 Å². The second-order valence-corrected chi connectivity index (χ2v) is 10.8. The Labute approximate surface area is 199 Å². The zero-order valence-electron chi connectivity index (χ0n) is 18.9. The summed E-state index contributed by atoms with van der Waals surface area (Å²) in [5.74, 6) is 0. The van der Waals surface area contributed by atoms with Crippen LogP contribution >= 0.6 is 22.7 Å². The highest BCUT2D eigenvalue weighted by Crippen LogP contribution is 2.39. The Hall–Kier alpha value is -2.82. The predicted molar refractivity (Wildman–Crippen MR) is 136 cm³/mol. The van der Waals surface area contributed by atoms with E-state index in [-0.39, 0.29) is 0 Å². The lowest BCUT2D eigenvalue weighted by Crippen LogP contribution is -2.45. The van der Waals surface area contributed by atoms with E-state index in [1.807, 2.05) is 24.8 Å². The van der Waals surface area contributed by atoms with Crippen LogP contribution in [-0.2, 0) is 0 Å². The van der Waals surface area contributed by atoms with Crippen LogP contribution in [0.4, 0.5) is 5.13 Å². The monoisotopic (exact) mass is 478 g/mol. The van der Waals surface area contributed by atoms with Crippen LogP contribution in [0.5, 0.6) is 0 Å². The summed E-state index contributed by atoms with van der Waals surface area (Å²) in [5.41, 5.74) is 3.93. The molecule has 5 aromatic rings. The molecule has 1 aliphatic rings. The molecular formula is C23H26N8S2. The Morgan fingerprint density at radius 1 is 1.12 bits per heavy atom. The molecule has 10 heteroatoms. The van der Waals surface area contributed by atoms with Gasteiger partial charge in [-0.05, 0) is 32.8 Å². The first-order valence-electron chi connectivity index (χ1n) is 11.3. The Morgan fingerprint density at radius 3 is 2.67 bits per heavy atom. The van der Waals surface area contributed by atoms with Gasteiger partial charge >= 0.3 is 0 Å². The summed E-state index contributed by atoms with van der Waals surface area (Å²) in [6.07, 6.45) is 9.91. The maximum Gasteiger partial charge on any atom is 0.188 e. The van der Waals surface area contributed by atoms with Crippen molar-refractivity contribution in [3.63, 3.8) is 0 Å². The van der Waals surface area contributed by atoms with Crippen molar-refractivity contribution in [1.82, 2.24) is 35.0 Å². The second-order valence-electron chi connectivity index (χ2n) is 8.87. The molecule has 0 amide bonds. The fourth-order valence-electron chi connectivity index (χ4n) is 4.67. The van der Waals surface area contributed by atoms with Crippen LogP contribution < -0.4 is 4.90 Å². The number of hydrogen-bond donors (Lipinski definition) is 2. The number of likely N-dealkylation sites (tertiary alicyclic amines) is 1. The van der Waals surface area contributed by atoms with Crippen molar-refractivity contribution >= 4 is 48.4 Å². The molecule has 1 fully saturated rings. The zero-order chi connectivity index (χ0) is 22.5. The lowest BCUT2D eigenvalue weighted by atomic mass is 10.0. The highest BCUT2D eigenvalue weighted by Gasteiger charge is 2.26. The zero-order valence-corrected chi connectivity index (χ0v) is 20.5. The fraction of sp³-hybridized carbons (Fsp3) is 0.391. The van der Waals surface area contributed by atoms with Crippen molar-refractivity contribution in [2.45, 2.75) is 38.8 Å². The third-order valence-electron chi connectivity index (χ3n) is 6.65. The SMILES string of the molecule is CC(C)N1CCC(N(C)c2nc3sc(-c4ncc(-c5cn[nH]c5)c5cc[nH]c45)nc3s2)CC1. The van der Waals surface area contributed by atoms with Crippen LogP contribution in [0.15, 0.2) is 30.9 Å². The summed E-state index contributed by atoms with van der Waals surface area (Å²) in [4.78, 5) is 24.9. The maximum atomic E-state index is 4.95. The maximum absolute atomic E-state index is 4.95. The lowest BCUT2D eigenvalue weighted by Gasteiger charge is -2.38. The summed E-state index contributed by atoms with van der Waals surface area (Å²) < 4.78 is 0. The quantitative estimate of drug-likeness (QED) is 0.370. The number of anilines is 1. The molecule has 33 heavy (non-hydrogen) atoms. The number of nitrogens with zero attached hydrogens (tertiary/aromatic N) is 6. The molecule has 5 aromatic heterocycles.